The van der Waals surface area contributed by atoms with Crippen molar-refractivity contribution in [2.24, 2.45) is 5.92 Å². The van der Waals surface area contributed by atoms with Crippen LogP contribution in [0.1, 0.15) is 44.9 Å². The lowest BCUT2D eigenvalue weighted by atomic mass is 9.96. The third kappa shape index (κ3) is 3.20. The molecule has 0 radical (unpaired) electrons. The molecule has 0 atom stereocenters. The van der Waals surface area contributed by atoms with Gasteiger partial charge in [0.05, 0.1) is 0 Å². The average Bonchev–Trinajstić information content (AvgIpc) is 3.00. The Balaban J connectivity index is 1.59. The molecule has 0 aliphatic heterocycles. The van der Waals surface area contributed by atoms with E-state index in [1.54, 1.807) is 0 Å². The largest absolute Gasteiger partial charge is 0.338 e. The van der Waals surface area contributed by atoms with E-state index >= 15 is 0 Å². The van der Waals surface area contributed by atoms with Crippen molar-refractivity contribution in [2.45, 2.75) is 51.0 Å². The quantitative estimate of drug-likeness (QED) is 0.712. The fourth-order valence-corrected chi connectivity index (χ4v) is 2.04. The van der Waals surface area contributed by atoms with E-state index in [1.165, 1.54) is 32.1 Å². The van der Waals surface area contributed by atoms with Crippen LogP contribution in [0.5, 0.6) is 0 Å². The molecule has 0 aromatic heterocycles. The van der Waals surface area contributed by atoms with Gasteiger partial charge in [-0.2, -0.15) is 0 Å². The highest BCUT2D eigenvalue weighted by molar-refractivity contribution is 5.74. The summed E-state index contributed by atoms with van der Waals surface area (Å²) < 4.78 is 0. The molecular formula is C11H20N2O. The predicted octanol–water partition coefficient (Wildman–Crippen LogP) is 2.03. The molecule has 0 aromatic carbocycles. The van der Waals surface area contributed by atoms with Crippen molar-refractivity contribution in [3.05, 3.63) is 0 Å². The van der Waals surface area contributed by atoms with Gasteiger partial charge in [0.15, 0.2) is 0 Å². The first-order valence-electron chi connectivity index (χ1n) is 5.89. The summed E-state index contributed by atoms with van der Waals surface area (Å²) in [4.78, 5) is 11.4. The molecule has 80 valence electrons. The van der Waals surface area contributed by atoms with Gasteiger partial charge in [-0.1, -0.05) is 19.3 Å². The Morgan fingerprint density at radius 1 is 1.07 bits per heavy atom. The van der Waals surface area contributed by atoms with Gasteiger partial charge in [-0.15, -0.1) is 0 Å². The minimum Gasteiger partial charge on any atom is -0.338 e. The third-order valence-corrected chi connectivity index (χ3v) is 3.19. The van der Waals surface area contributed by atoms with Gasteiger partial charge < -0.3 is 10.6 Å². The van der Waals surface area contributed by atoms with Crippen LogP contribution in [0, 0.1) is 5.92 Å². The second-order valence-corrected chi connectivity index (χ2v) is 4.63. The number of carbonyl (C=O) groups excluding carboxylic acids is 1. The van der Waals surface area contributed by atoms with Crippen molar-refractivity contribution in [1.82, 2.24) is 10.6 Å². The summed E-state index contributed by atoms with van der Waals surface area (Å²) >= 11 is 0. The van der Waals surface area contributed by atoms with Crippen molar-refractivity contribution in [2.75, 3.05) is 6.54 Å². The van der Waals surface area contributed by atoms with E-state index in [2.05, 4.69) is 10.6 Å². The van der Waals surface area contributed by atoms with Gasteiger partial charge in [0.2, 0.25) is 0 Å². The van der Waals surface area contributed by atoms with Crippen LogP contribution < -0.4 is 10.6 Å². The Morgan fingerprint density at radius 2 is 1.79 bits per heavy atom. The highest BCUT2D eigenvalue weighted by Crippen LogP contribution is 2.27. The van der Waals surface area contributed by atoms with E-state index < -0.39 is 0 Å². The zero-order chi connectivity index (χ0) is 9.80. The van der Waals surface area contributed by atoms with E-state index in [9.17, 15) is 4.79 Å². The minimum absolute atomic E-state index is 0.0452. The molecule has 0 unspecified atom stereocenters. The second-order valence-electron chi connectivity index (χ2n) is 4.63. The summed E-state index contributed by atoms with van der Waals surface area (Å²) in [6, 6.07) is 0.478. The Labute approximate surface area is 85.6 Å². The molecular weight excluding hydrogens is 176 g/mol. The first-order chi connectivity index (χ1) is 6.84. The zero-order valence-corrected chi connectivity index (χ0v) is 8.72. The summed E-state index contributed by atoms with van der Waals surface area (Å²) in [6.45, 7) is 0.874. The normalized spacial score (nSPS) is 23.1. The van der Waals surface area contributed by atoms with Gasteiger partial charge in [0.1, 0.15) is 0 Å². The van der Waals surface area contributed by atoms with Crippen molar-refractivity contribution < 1.29 is 4.79 Å². The maximum absolute atomic E-state index is 11.4. The molecule has 2 aliphatic rings. The number of nitrogens with one attached hydrogen (secondary N) is 2. The van der Waals surface area contributed by atoms with Gasteiger partial charge >= 0.3 is 6.03 Å². The summed E-state index contributed by atoms with van der Waals surface area (Å²) in [7, 11) is 0. The van der Waals surface area contributed by atoms with E-state index in [0.29, 0.717) is 6.04 Å². The molecule has 0 bridgehead atoms. The fraction of sp³-hybridized carbons (Fsp3) is 0.909. The smallest absolute Gasteiger partial charge is 0.315 e. The molecule has 2 saturated carbocycles. The molecule has 0 saturated heterocycles. The maximum Gasteiger partial charge on any atom is 0.315 e. The lowest BCUT2D eigenvalue weighted by Gasteiger charge is -2.22. The average molecular weight is 196 g/mol. The Kier molecular flexibility index (Phi) is 3.27. The lowest BCUT2D eigenvalue weighted by molar-refractivity contribution is 0.232. The van der Waals surface area contributed by atoms with Crippen LogP contribution in [-0.4, -0.2) is 18.6 Å². The monoisotopic (exact) mass is 196 g/mol. The number of amides is 2. The Morgan fingerprint density at radius 3 is 2.43 bits per heavy atom. The van der Waals surface area contributed by atoms with Crippen LogP contribution in [0.3, 0.4) is 0 Å². The number of hydrogen-bond donors (Lipinski definition) is 2. The van der Waals surface area contributed by atoms with Crippen LogP contribution >= 0.6 is 0 Å². The Hall–Kier alpha value is -0.730. The van der Waals surface area contributed by atoms with E-state index in [1.807, 2.05) is 0 Å². The number of urea groups is 1. The zero-order valence-electron chi connectivity index (χ0n) is 8.72. The summed E-state index contributed by atoms with van der Waals surface area (Å²) in [5, 5.41) is 5.99. The number of hydrogen-bond acceptors (Lipinski definition) is 1. The molecule has 2 aliphatic carbocycles. The summed E-state index contributed by atoms with van der Waals surface area (Å²) in [6.07, 6.45) is 8.80. The Bertz CT molecular complexity index is 195. The minimum atomic E-state index is 0.0452. The molecule has 0 spiro atoms. The first-order valence-corrected chi connectivity index (χ1v) is 5.89. The van der Waals surface area contributed by atoms with Crippen molar-refractivity contribution in [1.29, 1.82) is 0 Å². The standard InChI is InChI=1S/C11H20N2O/c14-11(12-8-9-6-7-9)13-10-4-2-1-3-5-10/h9-10H,1-8H2,(H2,12,13,14). The van der Waals surface area contributed by atoms with E-state index in [4.69, 9.17) is 0 Å². The molecule has 14 heavy (non-hydrogen) atoms. The van der Waals surface area contributed by atoms with E-state index in [0.717, 1.165) is 25.3 Å². The highest BCUT2D eigenvalue weighted by atomic mass is 16.2. The van der Waals surface area contributed by atoms with Gasteiger partial charge in [-0.25, -0.2) is 4.79 Å². The highest BCUT2D eigenvalue weighted by Gasteiger charge is 2.22. The van der Waals surface area contributed by atoms with Crippen LogP contribution in [0.15, 0.2) is 0 Å². The second kappa shape index (κ2) is 4.67. The molecule has 0 heterocycles. The molecule has 2 amide bonds. The third-order valence-electron chi connectivity index (χ3n) is 3.19. The maximum atomic E-state index is 11.4. The van der Waals surface area contributed by atoms with Crippen molar-refractivity contribution in [3.63, 3.8) is 0 Å². The molecule has 2 rings (SSSR count). The van der Waals surface area contributed by atoms with Gasteiger partial charge in [0, 0.05) is 12.6 Å². The van der Waals surface area contributed by atoms with Crippen molar-refractivity contribution >= 4 is 6.03 Å². The van der Waals surface area contributed by atoms with Crippen molar-refractivity contribution in [3.8, 4) is 0 Å². The lowest BCUT2D eigenvalue weighted by Crippen LogP contribution is -2.43. The topological polar surface area (TPSA) is 41.1 Å². The van der Waals surface area contributed by atoms with Gasteiger partial charge in [0.25, 0.3) is 0 Å². The number of rotatable bonds is 3. The van der Waals surface area contributed by atoms with Gasteiger partial charge in [-0.3, -0.25) is 0 Å². The molecule has 3 heteroatoms. The fourth-order valence-electron chi connectivity index (χ4n) is 2.04. The first kappa shape index (κ1) is 9.81. The number of carbonyl (C=O) groups is 1. The molecule has 2 fully saturated rings. The van der Waals surface area contributed by atoms with Crippen LogP contribution in [0.2, 0.25) is 0 Å². The van der Waals surface area contributed by atoms with Crippen LogP contribution in [0.4, 0.5) is 4.79 Å². The molecule has 2 N–H and O–H groups in total. The van der Waals surface area contributed by atoms with Crippen LogP contribution in [-0.2, 0) is 0 Å². The SMILES string of the molecule is O=C(NCC1CC1)NC1CCCCC1. The summed E-state index contributed by atoms with van der Waals surface area (Å²) in [5.74, 6) is 0.770. The molecule has 0 aromatic rings. The predicted molar refractivity (Wildman–Crippen MR) is 56.1 cm³/mol. The summed E-state index contributed by atoms with van der Waals surface area (Å²) in [5.41, 5.74) is 0. The van der Waals surface area contributed by atoms with Crippen LogP contribution in [0.25, 0.3) is 0 Å². The van der Waals surface area contributed by atoms with E-state index in [-0.39, 0.29) is 6.03 Å². The molecule has 3 nitrogen and oxygen atoms in total. The van der Waals surface area contributed by atoms with Gasteiger partial charge in [-0.05, 0) is 31.6 Å².